The number of rotatable bonds is 3. The first-order valence-corrected chi connectivity index (χ1v) is 4.81. The van der Waals surface area contributed by atoms with E-state index in [2.05, 4.69) is 10.3 Å². The molecule has 2 aromatic rings. The molecular formula is C11H11N3O2. The highest BCUT2D eigenvalue weighted by Crippen LogP contribution is 2.14. The first-order valence-electron chi connectivity index (χ1n) is 4.81. The van der Waals surface area contributed by atoms with Gasteiger partial charge in [-0.15, -0.1) is 0 Å². The molecule has 0 unspecified atom stereocenters. The van der Waals surface area contributed by atoms with Gasteiger partial charge >= 0.3 is 0 Å². The fourth-order valence-corrected chi connectivity index (χ4v) is 1.57. The van der Waals surface area contributed by atoms with Crippen LogP contribution in [0, 0.1) is 0 Å². The lowest BCUT2D eigenvalue weighted by Gasteiger charge is -2.04. The van der Waals surface area contributed by atoms with Crippen LogP contribution in [0.15, 0.2) is 29.1 Å². The standard InChI is InChI=1S/C11H11N3O2/c12-5-8-4-11(16)9-3-7(13-6-15)1-2-10(9)14-8/h1-4,6H,5,12H2,(H,13,15)(H,14,16). The summed E-state index contributed by atoms with van der Waals surface area (Å²) in [7, 11) is 0. The number of pyridine rings is 1. The zero-order valence-electron chi connectivity index (χ0n) is 8.49. The smallest absolute Gasteiger partial charge is 0.211 e. The Kier molecular flexibility index (Phi) is 2.70. The summed E-state index contributed by atoms with van der Waals surface area (Å²) in [4.78, 5) is 25.1. The van der Waals surface area contributed by atoms with E-state index in [1.165, 1.54) is 6.07 Å². The Morgan fingerprint density at radius 1 is 1.38 bits per heavy atom. The molecule has 0 saturated heterocycles. The molecule has 1 heterocycles. The van der Waals surface area contributed by atoms with Crippen molar-refractivity contribution in [3.8, 4) is 0 Å². The van der Waals surface area contributed by atoms with Crippen LogP contribution in [0.5, 0.6) is 0 Å². The van der Waals surface area contributed by atoms with Gasteiger partial charge in [0, 0.05) is 34.9 Å². The maximum atomic E-state index is 11.7. The van der Waals surface area contributed by atoms with Crippen LogP contribution in [0.2, 0.25) is 0 Å². The number of aromatic nitrogens is 1. The van der Waals surface area contributed by atoms with Gasteiger partial charge in [0.05, 0.1) is 0 Å². The molecule has 0 aliphatic heterocycles. The van der Waals surface area contributed by atoms with Gasteiger partial charge in [-0.05, 0) is 18.2 Å². The summed E-state index contributed by atoms with van der Waals surface area (Å²) in [6.45, 7) is 0.291. The topological polar surface area (TPSA) is 88.0 Å². The third-order valence-corrected chi connectivity index (χ3v) is 2.33. The van der Waals surface area contributed by atoms with Crippen LogP contribution in [0.1, 0.15) is 5.69 Å². The van der Waals surface area contributed by atoms with Crippen LogP contribution in [0.25, 0.3) is 10.9 Å². The summed E-state index contributed by atoms with van der Waals surface area (Å²) in [6.07, 6.45) is 0.573. The number of aromatic amines is 1. The van der Waals surface area contributed by atoms with E-state index < -0.39 is 0 Å². The van der Waals surface area contributed by atoms with Crippen LogP contribution in [0.3, 0.4) is 0 Å². The molecule has 0 fully saturated rings. The molecule has 16 heavy (non-hydrogen) atoms. The minimum atomic E-state index is -0.108. The summed E-state index contributed by atoms with van der Waals surface area (Å²) in [5.41, 5.74) is 7.34. The molecule has 0 aliphatic rings. The molecule has 82 valence electrons. The number of amides is 1. The van der Waals surface area contributed by atoms with Gasteiger partial charge in [0.25, 0.3) is 0 Å². The predicted molar refractivity (Wildman–Crippen MR) is 62.1 cm³/mol. The van der Waals surface area contributed by atoms with Gasteiger partial charge in [0.1, 0.15) is 0 Å². The van der Waals surface area contributed by atoms with Crippen molar-refractivity contribution < 1.29 is 4.79 Å². The Balaban J connectivity index is 2.65. The minimum Gasteiger partial charge on any atom is -0.357 e. The SMILES string of the molecule is NCc1cc(=O)c2cc(NC=O)ccc2[nH]1. The average molecular weight is 217 g/mol. The monoisotopic (exact) mass is 217 g/mol. The normalized spacial score (nSPS) is 10.3. The van der Waals surface area contributed by atoms with Crippen molar-refractivity contribution in [2.75, 3.05) is 5.32 Å². The lowest BCUT2D eigenvalue weighted by Crippen LogP contribution is -2.08. The van der Waals surface area contributed by atoms with Crippen molar-refractivity contribution in [1.29, 1.82) is 0 Å². The van der Waals surface area contributed by atoms with E-state index in [0.717, 1.165) is 0 Å². The number of carbonyl (C=O) groups excluding carboxylic acids is 1. The second-order valence-electron chi connectivity index (χ2n) is 3.39. The molecule has 0 radical (unpaired) electrons. The second-order valence-corrected chi connectivity index (χ2v) is 3.39. The summed E-state index contributed by atoms with van der Waals surface area (Å²) < 4.78 is 0. The van der Waals surface area contributed by atoms with Crippen molar-refractivity contribution in [2.24, 2.45) is 5.73 Å². The zero-order valence-corrected chi connectivity index (χ0v) is 8.49. The third-order valence-electron chi connectivity index (χ3n) is 2.33. The number of hydrogen-bond acceptors (Lipinski definition) is 3. The summed E-state index contributed by atoms with van der Waals surface area (Å²) >= 11 is 0. The van der Waals surface area contributed by atoms with Crippen LogP contribution >= 0.6 is 0 Å². The Morgan fingerprint density at radius 2 is 2.19 bits per heavy atom. The van der Waals surface area contributed by atoms with E-state index >= 15 is 0 Å². The fourth-order valence-electron chi connectivity index (χ4n) is 1.57. The maximum absolute atomic E-state index is 11.7. The first kappa shape index (κ1) is 10.4. The van der Waals surface area contributed by atoms with Crippen molar-refractivity contribution in [1.82, 2.24) is 4.98 Å². The van der Waals surface area contributed by atoms with Crippen molar-refractivity contribution >= 4 is 23.0 Å². The van der Waals surface area contributed by atoms with Gasteiger partial charge < -0.3 is 16.0 Å². The molecule has 1 aromatic heterocycles. The molecule has 5 nitrogen and oxygen atoms in total. The molecule has 2 rings (SSSR count). The van der Waals surface area contributed by atoms with E-state index in [1.807, 2.05) is 0 Å². The third kappa shape index (κ3) is 1.80. The molecule has 0 atom stereocenters. The van der Waals surface area contributed by atoms with Gasteiger partial charge in [-0.3, -0.25) is 9.59 Å². The quantitative estimate of drug-likeness (QED) is 0.656. The predicted octanol–water partition coefficient (Wildman–Crippen LogP) is 0.555. The van der Waals surface area contributed by atoms with Gasteiger partial charge in [0.2, 0.25) is 6.41 Å². The molecule has 1 aromatic carbocycles. The Morgan fingerprint density at radius 3 is 2.88 bits per heavy atom. The summed E-state index contributed by atoms with van der Waals surface area (Å²) in [5, 5.41) is 3.03. The van der Waals surface area contributed by atoms with E-state index in [-0.39, 0.29) is 5.43 Å². The molecular weight excluding hydrogens is 206 g/mol. The Hall–Kier alpha value is -2.14. The number of hydrogen-bond donors (Lipinski definition) is 3. The first-order chi connectivity index (χ1) is 7.74. The van der Waals surface area contributed by atoms with Gasteiger partial charge in [-0.2, -0.15) is 0 Å². The van der Waals surface area contributed by atoms with Gasteiger partial charge in [-0.25, -0.2) is 0 Å². The molecule has 0 aliphatic carbocycles. The molecule has 0 spiro atoms. The number of fused-ring (bicyclic) bond motifs is 1. The minimum absolute atomic E-state index is 0.108. The van der Waals surface area contributed by atoms with E-state index in [4.69, 9.17) is 5.73 Å². The highest BCUT2D eigenvalue weighted by Gasteiger charge is 2.02. The maximum Gasteiger partial charge on any atom is 0.211 e. The fraction of sp³-hybridized carbons (Fsp3) is 0.0909. The lowest BCUT2D eigenvalue weighted by molar-refractivity contribution is -0.105. The van der Waals surface area contributed by atoms with E-state index in [9.17, 15) is 9.59 Å². The lowest BCUT2D eigenvalue weighted by atomic mass is 10.1. The molecule has 1 amide bonds. The molecule has 0 bridgehead atoms. The summed E-state index contributed by atoms with van der Waals surface area (Å²) in [5.74, 6) is 0. The van der Waals surface area contributed by atoms with Crippen LogP contribution < -0.4 is 16.5 Å². The molecule has 4 N–H and O–H groups in total. The zero-order chi connectivity index (χ0) is 11.5. The van der Waals surface area contributed by atoms with Crippen LogP contribution in [-0.4, -0.2) is 11.4 Å². The van der Waals surface area contributed by atoms with Gasteiger partial charge in [0.15, 0.2) is 5.43 Å². The van der Waals surface area contributed by atoms with Crippen molar-refractivity contribution in [3.05, 3.63) is 40.2 Å². The van der Waals surface area contributed by atoms with Crippen LogP contribution in [0.4, 0.5) is 5.69 Å². The van der Waals surface area contributed by atoms with E-state index in [0.29, 0.717) is 35.2 Å². The van der Waals surface area contributed by atoms with Crippen molar-refractivity contribution in [3.63, 3.8) is 0 Å². The van der Waals surface area contributed by atoms with E-state index in [1.54, 1.807) is 18.2 Å². The molecule has 5 heteroatoms. The Bertz CT molecular complexity index is 589. The molecule has 0 saturated carbocycles. The number of nitrogens with two attached hydrogens (primary N) is 1. The van der Waals surface area contributed by atoms with Crippen molar-refractivity contribution in [2.45, 2.75) is 6.54 Å². The van der Waals surface area contributed by atoms with Gasteiger partial charge in [-0.1, -0.05) is 0 Å². The largest absolute Gasteiger partial charge is 0.357 e. The van der Waals surface area contributed by atoms with Crippen LogP contribution in [-0.2, 0) is 11.3 Å². The Labute approximate surface area is 91.3 Å². The highest BCUT2D eigenvalue weighted by molar-refractivity contribution is 5.85. The second kappa shape index (κ2) is 4.16. The number of carbonyl (C=O) groups is 1. The number of benzene rings is 1. The summed E-state index contributed by atoms with van der Waals surface area (Å²) in [6, 6.07) is 6.55. The highest BCUT2D eigenvalue weighted by atomic mass is 16.1. The number of nitrogens with one attached hydrogen (secondary N) is 2. The average Bonchev–Trinajstić information content (AvgIpc) is 2.30. The number of anilines is 1. The number of H-pyrrole nitrogens is 1.